The molecule has 128 valence electrons. The van der Waals surface area contributed by atoms with Gasteiger partial charge >= 0.3 is 0 Å². The van der Waals surface area contributed by atoms with E-state index in [2.05, 4.69) is 44.7 Å². The molecule has 0 saturated carbocycles. The molecule has 0 aliphatic rings. The first kappa shape index (κ1) is 23.4. The van der Waals surface area contributed by atoms with Gasteiger partial charge in [0.2, 0.25) is 0 Å². The van der Waals surface area contributed by atoms with Crippen molar-refractivity contribution in [1.29, 1.82) is 0 Å². The summed E-state index contributed by atoms with van der Waals surface area (Å²) >= 11 is 0. The Kier molecular flexibility index (Phi) is 15.3. The Morgan fingerprint density at radius 2 is 1.65 bits per heavy atom. The summed E-state index contributed by atoms with van der Waals surface area (Å²) < 4.78 is 0. The number of allylic oxidation sites excluding steroid dienone is 3. The van der Waals surface area contributed by atoms with Crippen LogP contribution in [-0.4, -0.2) is 4.98 Å². The van der Waals surface area contributed by atoms with Gasteiger partial charge < -0.3 is 0 Å². The fraction of sp³-hybridized carbons (Fsp3) is 0.409. The summed E-state index contributed by atoms with van der Waals surface area (Å²) in [6.45, 7) is 20.1. The highest BCUT2D eigenvalue weighted by atomic mass is 14.7. The van der Waals surface area contributed by atoms with Gasteiger partial charge in [0.15, 0.2) is 0 Å². The van der Waals surface area contributed by atoms with E-state index in [9.17, 15) is 0 Å². The molecule has 0 saturated heterocycles. The van der Waals surface area contributed by atoms with Gasteiger partial charge in [-0.3, -0.25) is 0 Å². The first-order valence-electron chi connectivity index (χ1n) is 8.78. The van der Waals surface area contributed by atoms with Gasteiger partial charge in [0.1, 0.15) is 0 Å². The normalized spacial score (nSPS) is 12.0. The fourth-order valence-electron chi connectivity index (χ4n) is 2.06. The van der Waals surface area contributed by atoms with E-state index in [1.165, 1.54) is 11.1 Å². The highest BCUT2D eigenvalue weighted by molar-refractivity contribution is 5.66. The second-order valence-electron chi connectivity index (χ2n) is 4.34. The van der Waals surface area contributed by atoms with Crippen LogP contribution in [0.25, 0.3) is 24.3 Å². The zero-order chi connectivity index (χ0) is 18.3. The minimum atomic E-state index is 1.02. The van der Waals surface area contributed by atoms with Crippen molar-refractivity contribution in [2.75, 3.05) is 0 Å². The van der Waals surface area contributed by atoms with Gasteiger partial charge in [0, 0.05) is 10.8 Å². The smallest absolute Gasteiger partial charge is 0.0708 e. The molecule has 0 aromatic carbocycles. The average molecular weight is 314 g/mol. The molecular weight excluding hydrogens is 278 g/mol. The molecule has 0 aliphatic heterocycles. The summed E-state index contributed by atoms with van der Waals surface area (Å²) in [6.07, 6.45) is 15.3. The molecule has 0 atom stereocenters. The molecule has 0 radical (unpaired) electrons. The van der Waals surface area contributed by atoms with E-state index >= 15 is 0 Å². The van der Waals surface area contributed by atoms with Gasteiger partial charge in [0.05, 0.1) is 11.0 Å². The zero-order valence-corrected chi connectivity index (χ0v) is 16.4. The third-order valence-electron chi connectivity index (χ3n) is 3.00. The van der Waals surface area contributed by atoms with Crippen LogP contribution in [0.15, 0.2) is 24.8 Å². The summed E-state index contributed by atoms with van der Waals surface area (Å²) in [5.74, 6) is 0. The standard InChI is InChI=1S/C18H23N.2C2H6/c1-6-10-13-18-16(12-8-3)14(5)15(11-7-2)17(9-4)19-18;2*1-2/h7-13H,2,6H2,1,3-5H3;2*1-2H3/b12-8-,13-10-,15-11-,17-9+;;. The Morgan fingerprint density at radius 3 is 2.09 bits per heavy atom. The second kappa shape index (κ2) is 15.0. The van der Waals surface area contributed by atoms with E-state index in [1.807, 2.05) is 59.8 Å². The number of hydrogen-bond acceptors (Lipinski definition) is 1. The lowest BCUT2D eigenvalue weighted by Crippen LogP contribution is -2.32. The molecule has 23 heavy (non-hydrogen) atoms. The van der Waals surface area contributed by atoms with Gasteiger partial charge in [-0.05, 0) is 38.8 Å². The third-order valence-corrected chi connectivity index (χ3v) is 3.00. The molecule has 1 aromatic heterocycles. The lowest BCUT2D eigenvalue weighted by molar-refractivity contribution is 1.14. The second-order valence-corrected chi connectivity index (χ2v) is 4.34. The Hall–Kier alpha value is -1.89. The molecule has 1 rings (SSSR count). The molecule has 0 bridgehead atoms. The Bertz CT molecular complexity index is 616. The van der Waals surface area contributed by atoms with E-state index in [0.717, 1.165) is 22.7 Å². The van der Waals surface area contributed by atoms with Crippen molar-refractivity contribution in [3.63, 3.8) is 0 Å². The number of rotatable bonds is 4. The van der Waals surface area contributed by atoms with Crippen LogP contribution in [0.3, 0.4) is 0 Å². The number of nitrogens with zero attached hydrogens (tertiary/aromatic N) is 1. The lowest BCUT2D eigenvalue weighted by Gasteiger charge is -2.07. The van der Waals surface area contributed by atoms with Crippen molar-refractivity contribution < 1.29 is 0 Å². The molecule has 1 heteroatoms. The van der Waals surface area contributed by atoms with Crippen LogP contribution in [0, 0.1) is 6.92 Å². The van der Waals surface area contributed by atoms with Crippen LogP contribution < -0.4 is 10.6 Å². The largest absolute Gasteiger partial charge is 0.248 e. The maximum Gasteiger partial charge on any atom is 0.0708 e. The molecule has 0 aliphatic carbocycles. The molecule has 0 spiro atoms. The number of pyridine rings is 1. The predicted octanol–water partition coefficient (Wildman–Crippen LogP) is 5.67. The molecular formula is C22H35N. The maximum atomic E-state index is 4.75. The Morgan fingerprint density at radius 1 is 1.04 bits per heavy atom. The Balaban J connectivity index is 0. The minimum Gasteiger partial charge on any atom is -0.248 e. The molecule has 0 unspecified atom stereocenters. The van der Waals surface area contributed by atoms with Gasteiger partial charge in [-0.2, -0.15) is 0 Å². The fourth-order valence-corrected chi connectivity index (χ4v) is 2.06. The van der Waals surface area contributed by atoms with Crippen LogP contribution in [0.2, 0.25) is 0 Å². The summed E-state index contributed by atoms with van der Waals surface area (Å²) in [7, 11) is 0. The van der Waals surface area contributed by atoms with Gasteiger partial charge in [-0.1, -0.05) is 77.7 Å². The molecule has 1 aromatic rings. The third kappa shape index (κ3) is 7.27. The molecule has 0 N–H and O–H groups in total. The van der Waals surface area contributed by atoms with Crippen LogP contribution in [0.1, 0.15) is 71.7 Å². The van der Waals surface area contributed by atoms with E-state index < -0.39 is 0 Å². The molecule has 1 nitrogen and oxygen atoms in total. The average Bonchev–Trinajstić information content (AvgIpc) is 2.61. The van der Waals surface area contributed by atoms with Crippen LogP contribution in [0.5, 0.6) is 0 Å². The summed E-state index contributed by atoms with van der Waals surface area (Å²) in [5.41, 5.74) is 3.47. The number of hydrogen-bond donors (Lipinski definition) is 0. The van der Waals surface area contributed by atoms with Gasteiger partial charge in [-0.15, -0.1) is 0 Å². The van der Waals surface area contributed by atoms with Crippen molar-refractivity contribution in [3.8, 4) is 0 Å². The van der Waals surface area contributed by atoms with E-state index in [4.69, 9.17) is 4.98 Å². The summed E-state index contributed by atoms with van der Waals surface area (Å²) in [5, 5.41) is 2.17. The summed E-state index contributed by atoms with van der Waals surface area (Å²) in [6, 6.07) is 0. The van der Waals surface area contributed by atoms with Crippen LogP contribution in [-0.2, 0) is 0 Å². The van der Waals surface area contributed by atoms with Gasteiger partial charge in [0.25, 0.3) is 0 Å². The van der Waals surface area contributed by atoms with Crippen molar-refractivity contribution in [2.45, 2.75) is 61.8 Å². The highest BCUT2D eigenvalue weighted by Crippen LogP contribution is 2.11. The zero-order valence-electron chi connectivity index (χ0n) is 16.4. The highest BCUT2D eigenvalue weighted by Gasteiger charge is 2.04. The quantitative estimate of drug-likeness (QED) is 0.698. The monoisotopic (exact) mass is 313 g/mol. The minimum absolute atomic E-state index is 1.02. The van der Waals surface area contributed by atoms with Crippen molar-refractivity contribution in [2.24, 2.45) is 0 Å². The summed E-state index contributed by atoms with van der Waals surface area (Å²) in [4.78, 5) is 4.75. The van der Waals surface area contributed by atoms with Crippen molar-refractivity contribution >= 4 is 24.3 Å². The predicted molar refractivity (Wildman–Crippen MR) is 110 cm³/mol. The van der Waals surface area contributed by atoms with Crippen LogP contribution >= 0.6 is 0 Å². The lowest BCUT2D eigenvalue weighted by atomic mass is 10.0. The van der Waals surface area contributed by atoms with E-state index in [1.54, 1.807) is 0 Å². The van der Waals surface area contributed by atoms with E-state index in [0.29, 0.717) is 0 Å². The first-order chi connectivity index (χ1) is 11.2. The van der Waals surface area contributed by atoms with Crippen molar-refractivity contribution in [1.82, 2.24) is 4.98 Å². The SMILES string of the molecule is C=C/C=c1/c(C)c(/C=C\C)c(/C=C\CC)n/c1=C/C.CC.CC. The molecule has 0 amide bonds. The first-order valence-corrected chi connectivity index (χ1v) is 8.78. The van der Waals surface area contributed by atoms with Gasteiger partial charge in [-0.25, -0.2) is 4.98 Å². The molecule has 0 fully saturated rings. The van der Waals surface area contributed by atoms with E-state index in [-0.39, 0.29) is 0 Å². The molecule has 1 heterocycles. The maximum absolute atomic E-state index is 4.75. The number of aromatic nitrogens is 1. The topological polar surface area (TPSA) is 12.9 Å². The van der Waals surface area contributed by atoms with Crippen molar-refractivity contribution in [3.05, 3.63) is 52.2 Å². The van der Waals surface area contributed by atoms with Crippen LogP contribution in [0.4, 0.5) is 0 Å². The Labute approximate surface area is 143 Å².